The average molecular weight is 637 g/mol. The summed E-state index contributed by atoms with van der Waals surface area (Å²) in [5.41, 5.74) is 10.6. The van der Waals surface area contributed by atoms with Crippen LogP contribution in [0.5, 0.6) is 0 Å². The maximum Gasteiger partial charge on any atom is 0.178 e. The first-order valence-corrected chi connectivity index (χ1v) is 17.1. The molecule has 9 aromatic carbocycles. The monoisotopic (exact) mass is 636 g/mol. The van der Waals surface area contributed by atoms with Crippen LogP contribution in [0, 0.1) is 0 Å². The van der Waals surface area contributed by atoms with Crippen molar-refractivity contribution in [3.63, 3.8) is 0 Å². The molecule has 0 N–H and O–H groups in total. The number of fused-ring (bicyclic) bond motifs is 10. The summed E-state index contributed by atoms with van der Waals surface area (Å²) in [5.74, 6) is 0. The molecule has 0 aliphatic rings. The predicted octanol–water partition coefficient (Wildman–Crippen LogP) is 13.9. The number of hydrogen-bond donors (Lipinski definition) is 0. The Kier molecular flexibility index (Phi) is 5.70. The number of para-hydroxylation sites is 1. The van der Waals surface area contributed by atoms with Gasteiger partial charge >= 0.3 is 0 Å². The van der Waals surface area contributed by atoms with E-state index in [1.54, 1.807) is 0 Å². The maximum atomic E-state index is 6.52. The molecule has 2 nitrogen and oxygen atoms in total. The van der Waals surface area contributed by atoms with Crippen molar-refractivity contribution in [3.8, 4) is 33.4 Å². The van der Waals surface area contributed by atoms with Crippen molar-refractivity contribution in [1.29, 1.82) is 0 Å². The molecule has 2 aromatic heterocycles. The number of furan rings is 2. The minimum Gasteiger partial charge on any atom is -0.452 e. The first-order chi connectivity index (χ1) is 24.8. The third kappa shape index (κ3) is 3.96. The van der Waals surface area contributed by atoms with Crippen molar-refractivity contribution < 1.29 is 8.83 Å². The van der Waals surface area contributed by atoms with Crippen molar-refractivity contribution in [1.82, 2.24) is 0 Å². The average Bonchev–Trinajstić information content (AvgIpc) is 3.75. The molecule has 232 valence electrons. The SMILES string of the molecule is c1cc(-c2ccc3ccccc3c2)cc(-c2c3ccccc3c(-c3ccc4oc5c(ccc6c7ccccc7oc65)c4c3)c3ccccc23)c1. The Morgan fingerprint density at radius 1 is 0.260 bits per heavy atom. The van der Waals surface area contributed by atoms with Crippen molar-refractivity contribution >= 4 is 76.2 Å². The summed E-state index contributed by atoms with van der Waals surface area (Å²) >= 11 is 0. The van der Waals surface area contributed by atoms with Crippen molar-refractivity contribution in [2.24, 2.45) is 0 Å². The quantitative estimate of drug-likeness (QED) is 0.180. The number of benzene rings is 9. The summed E-state index contributed by atoms with van der Waals surface area (Å²) in [6, 6.07) is 61.1. The Bertz CT molecular complexity index is 3100. The molecule has 0 bridgehead atoms. The molecule has 0 saturated heterocycles. The molecular formula is C48H28O2. The maximum absolute atomic E-state index is 6.52. The summed E-state index contributed by atoms with van der Waals surface area (Å²) in [6.45, 7) is 0. The molecule has 0 spiro atoms. The van der Waals surface area contributed by atoms with Gasteiger partial charge in [0.15, 0.2) is 11.2 Å². The van der Waals surface area contributed by atoms with Crippen LogP contribution in [0.15, 0.2) is 179 Å². The minimum atomic E-state index is 0.794. The van der Waals surface area contributed by atoms with Crippen LogP contribution in [0.2, 0.25) is 0 Å². The van der Waals surface area contributed by atoms with Gasteiger partial charge in [0.05, 0.1) is 0 Å². The molecule has 11 rings (SSSR count). The lowest BCUT2D eigenvalue weighted by atomic mass is 9.85. The van der Waals surface area contributed by atoms with E-state index in [9.17, 15) is 0 Å². The normalized spacial score (nSPS) is 12.0. The fourth-order valence-corrected chi connectivity index (χ4v) is 8.15. The molecule has 0 saturated carbocycles. The van der Waals surface area contributed by atoms with Crippen LogP contribution in [-0.2, 0) is 0 Å². The van der Waals surface area contributed by atoms with Gasteiger partial charge in [0, 0.05) is 21.5 Å². The van der Waals surface area contributed by atoms with Gasteiger partial charge in [-0.05, 0) is 108 Å². The van der Waals surface area contributed by atoms with Gasteiger partial charge in [0.2, 0.25) is 0 Å². The molecule has 0 amide bonds. The smallest absolute Gasteiger partial charge is 0.178 e. The van der Waals surface area contributed by atoms with Gasteiger partial charge in [-0.25, -0.2) is 0 Å². The summed E-state index contributed by atoms with van der Waals surface area (Å²) in [7, 11) is 0. The highest BCUT2D eigenvalue weighted by molar-refractivity contribution is 6.23. The largest absolute Gasteiger partial charge is 0.452 e. The third-order valence-electron chi connectivity index (χ3n) is 10.4. The predicted molar refractivity (Wildman–Crippen MR) is 210 cm³/mol. The fraction of sp³-hybridized carbons (Fsp3) is 0. The molecule has 0 unspecified atom stereocenters. The van der Waals surface area contributed by atoms with Gasteiger partial charge in [-0.15, -0.1) is 0 Å². The first kappa shape index (κ1) is 27.3. The molecule has 0 aliphatic carbocycles. The fourth-order valence-electron chi connectivity index (χ4n) is 8.15. The molecule has 0 atom stereocenters. The van der Waals surface area contributed by atoms with Crippen LogP contribution < -0.4 is 0 Å². The van der Waals surface area contributed by atoms with E-state index in [0.717, 1.165) is 49.4 Å². The van der Waals surface area contributed by atoms with E-state index in [1.165, 1.54) is 60.1 Å². The lowest BCUT2D eigenvalue weighted by Crippen LogP contribution is -1.91. The second-order valence-electron chi connectivity index (χ2n) is 13.2. The van der Waals surface area contributed by atoms with Crippen LogP contribution in [0.3, 0.4) is 0 Å². The van der Waals surface area contributed by atoms with Crippen LogP contribution in [-0.4, -0.2) is 0 Å². The Morgan fingerprint density at radius 3 is 1.46 bits per heavy atom. The zero-order chi connectivity index (χ0) is 32.8. The summed E-state index contributed by atoms with van der Waals surface area (Å²) in [5, 5.41) is 11.7. The molecule has 2 heteroatoms. The van der Waals surface area contributed by atoms with Gasteiger partial charge < -0.3 is 8.83 Å². The van der Waals surface area contributed by atoms with Crippen LogP contribution in [0.1, 0.15) is 0 Å². The van der Waals surface area contributed by atoms with Gasteiger partial charge in [0.25, 0.3) is 0 Å². The van der Waals surface area contributed by atoms with E-state index < -0.39 is 0 Å². The van der Waals surface area contributed by atoms with E-state index in [-0.39, 0.29) is 0 Å². The molecule has 0 fully saturated rings. The number of rotatable bonds is 3. The standard InChI is InChI=1S/C48H28O2/c1-2-11-30-26-32(21-20-29(30)10-1)31-12-9-13-33(27-31)45-36-15-3-5-17-38(36)46(39-18-6-4-16-37(39)45)34-22-25-44-42(28-34)41-24-23-40-35-14-7-8-19-43(35)49-47(40)48(41)50-44/h1-28H. The second kappa shape index (κ2) is 10.4. The minimum absolute atomic E-state index is 0.794. The van der Waals surface area contributed by atoms with Crippen LogP contribution >= 0.6 is 0 Å². The highest BCUT2D eigenvalue weighted by atomic mass is 16.4. The molecule has 0 radical (unpaired) electrons. The van der Waals surface area contributed by atoms with Gasteiger partial charge in [-0.2, -0.15) is 0 Å². The zero-order valence-electron chi connectivity index (χ0n) is 27.0. The second-order valence-corrected chi connectivity index (χ2v) is 13.2. The van der Waals surface area contributed by atoms with Crippen molar-refractivity contribution in [3.05, 3.63) is 170 Å². The van der Waals surface area contributed by atoms with Gasteiger partial charge in [-0.1, -0.05) is 127 Å². The van der Waals surface area contributed by atoms with E-state index in [4.69, 9.17) is 8.83 Å². The van der Waals surface area contributed by atoms with Crippen LogP contribution in [0.4, 0.5) is 0 Å². The highest BCUT2D eigenvalue weighted by Crippen LogP contribution is 2.46. The molecule has 0 aliphatic heterocycles. The van der Waals surface area contributed by atoms with E-state index in [2.05, 4.69) is 152 Å². The van der Waals surface area contributed by atoms with Gasteiger partial charge in [0.1, 0.15) is 11.2 Å². The number of hydrogen-bond acceptors (Lipinski definition) is 2. The van der Waals surface area contributed by atoms with E-state index in [1.807, 2.05) is 18.2 Å². The Labute approximate surface area is 287 Å². The summed E-state index contributed by atoms with van der Waals surface area (Å²) in [6.07, 6.45) is 0. The van der Waals surface area contributed by atoms with E-state index >= 15 is 0 Å². The van der Waals surface area contributed by atoms with Gasteiger partial charge in [-0.3, -0.25) is 0 Å². The highest BCUT2D eigenvalue weighted by Gasteiger charge is 2.20. The molecule has 50 heavy (non-hydrogen) atoms. The Morgan fingerprint density at radius 2 is 0.760 bits per heavy atom. The molecular weight excluding hydrogens is 609 g/mol. The molecule has 11 aromatic rings. The Hall–Kier alpha value is -6.64. The molecule has 2 heterocycles. The lowest BCUT2D eigenvalue weighted by molar-refractivity contribution is 0.633. The summed E-state index contributed by atoms with van der Waals surface area (Å²) in [4.78, 5) is 0. The first-order valence-electron chi connectivity index (χ1n) is 17.1. The third-order valence-corrected chi connectivity index (χ3v) is 10.4. The lowest BCUT2D eigenvalue weighted by Gasteiger charge is -2.18. The summed E-state index contributed by atoms with van der Waals surface area (Å²) < 4.78 is 12.9. The Balaban J connectivity index is 1.13. The topological polar surface area (TPSA) is 26.3 Å². The van der Waals surface area contributed by atoms with Crippen molar-refractivity contribution in [2.45, 2.75) is 0 Å². The van der Waals surface area contributed by atoms with Crippen molar-refractivity contribution in [2.75, 3.05) is 0 Å². The van der Waals surface area contributed by atoms with Crippen LogP contribution in [0.25, 0.3) is 110 Å². The zero-order valence-corrected chi connectivity index (χ0v) is 27.0. The van der Waals surface area contributed by atoms with E-state index in [0.29, 0.717) is 0 Å².